The minimum Gasteiger partial charge on any atom is -0.306 e. The van der Waals surface area contributed by atoms with E-state index >= 15 is 0 Å². The molecule has 4 aromatic rings. The molecule has 1 aromatic heterocycles. The Balaban J connectivity index is 2.45. The maximum absolute atomic E-state index is 5.67. The standard InChI is InChI=1S/C14H10N4/c15-18-16-13-11-7-3-1-5-9(11)10-6-2-4-8-12(10)14(13)17-18/h1-8H,15H2. The predicted molar refractivity (Wildman–Crippen MR) is 72.7 cm³/mol. The van der Waals surface area contributed by atoms with Gasteiger partial charge in [-0.3, -0.25) is 0 Å². The van der Waals surface area contributed by atoms with Gasteiger partial charge in [0.2, 0.25) is 0 Å². The normalized spacial score (nSPS) is 11.6. The molecule has 0 saturated heterocycles. The fraction of sp³-hybridized carbons (Fsp3) is 0. The fourth-order valence-electron chi connectivity index (χ4n) is 2.53. The molecular weight excluding hydrogens is 224 g/mol. The highest BCUT2D eigenvalue weighted by Gasteiger charge is 2.11. The van der Waals surface area contributed by atoms with E-state index in [1.807, 2.05) is 24.3 Å². The summed E-state index contributed by atoms with van der Waals surface area (Å²) in [6.07, 6.45) is 0. The van der Waals surface area contributed by atoms with Crippen LogP contribution in [-0.4, -0.2) is 15.1 Å². The first kappa shape index (κ1) is 9.41. The molecule has 0 aliphatic rings. The molecule has 0 saturated carbocycles. The summed E-state index contributed by atoms with van der Waals surface area (Å²) in [5.74, 6) is 5.67. The highest BCUT2D eigenvalue weighted by Crippen LogP contribution is 2.32. The van der Waals surface area contributed by atoms with Gasteiger partial charge in [0.05, 0.1) is 0 Å². The van der Waals surface area contributed by atoms with Crippen molar-refractivity contribution in [1.82, 2.24) is 15.1 Å². The second-order valence-electron chi connectivity index (χ2n) is 4.31. The number of nitrogens with zero attached hydrogens (tertiary/aromatic N) is 3. The predicted octanol–water partition coefficient (Wildman–Crippen LogP) is 2.45. The van der Waals surface area contributed by atoms with E-state index in [0.717, 1.165) is 26.7 Å². The Morgan fingerprint density at radius 3 is 1.50 bits per heavy atom. The zero-order valence-electron chi connectivity index (χ0n) is 9.54. The molecule has 2 N–H and O–H groups in total. The number of benzene rings is 3. The zero-order valence-corrected chi connectivity index (χ0v) is 9.54. The molecule has 0 atom stereocenters. The molecule has 0 radical (unpaired) electrons. The van der Waals surface area contributed by atoms with Gasteiger partial charge in [-0.15, -0.1) is 10.2 Å². The average molecular weight is 234 g/mol. The number of fused-ring (bicyclic) bond motifs is 6. The SMILES string of the molecule is Nn1nc2c3ccccc3c3ccccc3c2n1. The lowest BCUT2D eigenvalue weighted by molar-refractivity contribution is 0.721. The Bertz CT molecular complexity index is 819. The van der Waals surface area contributed by atoms with E-state index in [1.165, 1.54) is 10.8 Å². The van der Waals surface area contributed by atoms with E-state index in [-0.39, 0.29) is 0 Å². The number of hydrogen-bond donors (Lipinski definition) is 1. The summed E-state index contributed by atoms with van der Waals surface area (Å²) in [6.45, 7) is 0. The van der Waals surface area contributed by atoms with Crippen LogP contribution in [-0.2, 0) is 0 Å². The summed E-state index contributed by atoms with van der Waals surface area (Å²) in [6, 6.07) is 16.4. The smallest absolute Gasteiger partial charge is 0.123 e. The van der Waals surface area contributed by atoms with Gasteiger partial charge in [-0.2, -0.15) is 0 Å². The van der Waals surface area contributed by atoms with Crippen LogP contribution >= 0.6 is 0 Å². The number of hydrogen-bond acceptors (Lipinski definition) is 3. The van der Waals surface area contributed by atoms with Crippen molar-refractivity contribution < 1.29 is 0 Å². The van der Waals surface area contributed by atoms with Gasteiger partial charge in [-0.25, -0.2) is 0 Å². The van der Waals surface area contributed by atoms with E-state index in [4.69, 9.17) is 5.84 Å². The molecule has 0 fully saturated rings. The first-order valence-electron chi connectivity index (χ1n) is 5.76. The number of aromatic nitrogens is 3. The maximum atomic E-state index is 5.67. The molecule has 0 aliphatic carbocycles. The van der Waals surface area contributed by atoms with Crippen molar-refractivity contribution in [3.05, 3.63) is 48.5 Å². The highest BCUT2D eigenvalue weighted by atomic mass is 15.6. The van der Waals surface area contributed by atoms with E-state index in [9.17, 15) is 0 Å². The monoisotopic (exact) mass is 234 g/mol. The van der Waals surface area contributed by atoms with Crippen molar-refractivity contribution in [2.45, 2.75) is 0 Å². The van der Waals surface area contributed by atoms with E-state index < -0.39 is 0 Å². The molecule has 0 bridgehead atoms. The van der Waals surface area contributed by atoms with E-state index in [2.05, 4.69) is 34.5 Å². The van der Waals surface area contributed by atoms with Crippen LogP contribution in [0.15, 0.2) is 48.5 Å². The first-order chi connectivity index (χ1) is 8.84. The molecule has 0 aliphatic heterocycles. The summed E-state index contributed by atoms with van der Waals surface area (Å²) in [5, 5.41) is 13.1. The van der Waals surface area contributed by atoms with E-state index in [0.29, 0.717) is 0 Å². The largest absolute Gasteiger partial charge is 0.306 e. The Morgan fingerprint density at radius 1 is 0.667 bits per heavy atom. The van der Waals surface area contributed by atoms with Crippen LogP contribution < -0.4 is 5.84 Å². The summed E-state index contributed by atoms with van der Waals surface area (Å²) in [7, 11) is 0. The molecule has 4 nitrogen and oxygen atoms in total. The minimum absolute atomic E-state index is 0.854. The summed E-state index contributed by atoms with van der Waals surface area (Å²) >= 11 is 0. The van der Waals surface area contributed by atoms with Crippen LogP contribution in [0.4, 0.5) is 0 Å². The molecule has 0 spiro atoms. The second-order valence-corrected chi connectivity index (χ2v) is 4.31. The van der Waals surface area contributed by atoms with Gasteiger partial charge in [-0.05, 0) is 10.8 Å². The van der Waals surface area contributed by atoms with Gasteiger partial charge in [0.25, 0.3) is 0 Å². The number of nitrogen functional groups attached to an aromatic ring is 1. The maximum Gasteiger partial charge on any atom is 0.123 e. The summed E-state index contributed by atoms with van der Waals surface area (Å²) in [4.78, 5) is 1.14. The Labute approximate surface area is 103 Å². The minimum atomic E-state index is 0.854. The topological polar surface area (TPSA) is 56.7 Å². The third kappa shape index (κ3) is 1.09. The molecule has 3 aromatic carbocycles. The second kappa shape index (κ2) is 3.20. The van der Waals surface area contributed by atoms with Crippen molar-refractivity contribution in [2.75, 3.05) is 5.84 Å². The van der Waals surface area contributed by atoms with Crippen LogP contribution in [0.2, 0.25) is 0 Å². The van der Waals surface area contributed by atoms with Gasteiger partial charge >= 0.3 is 0 Å². The van der Waals surface area contributed by atoms with Gasteiger partial charge in [0.1, 0.15) is 11.0 Å². The van der Waals surface area contributed by atoms with Crippen molar-refractivity contribution in [3.8, 4) is 0 Å². The van der Waals surface area contributed by atoms with Gasteiger partial charge in [-0.1, -0.05) is 53.4 Å². The molecule has 86 valence electrons. The molecule has 4 rings (SSSR count). The third-order valence-electron chi connectivity index (χ3n) is 3.28. The van der Waals surface area contributed by atoms with Crippen LogP contribution in [0.3, 0.4) is 0 Å². The summed E-state index contributed by atoms with van der Waals surface area (Å²) in [5.41, 5.74) is 1.71. The zero-order chi connectivity index (χ0) is 12.1. The van der Waals surface area contributed by atoms with Gasteiger partial charge < -0.3 is 5.84 Å². The van der Waals surface area contributed by atoms with Crippen molar-refractivity contribution in [3.63, 3.8) is 0 Å². The lowest BCUT2D eigenvalue weighted by atomic mass is 10.0. The number of nitrogens with two attached hydrogens (primary N) is 1. The Morgan fingerprint density at radius 2 is 1.06 bits per heavy atom. The molecule has 0 unspecified atom stereocenters. The van der Waals surface area contributed by atoms with Crippen LogP contribution in [0, 0.1) is 0 Å². The molecular formula is C14H10N4. The van der Waals surface area contributed by atoms with E-state index in [1.54, 1.807) is 0 Å². The van der Waals surface area contributed by atoms with Crippen LogP contribution in [0.1, 0.15) is 0 Å². The lowest BCUT2D eigenvalue weighted by Crippen LogP contribution is -2.11. The fourth-order valence-corrected chi connectivity index (χ4v) is 2.53. The molecule has 18 heavy (non-hydrogen) atoms. The molecule has 4 heteroatoms. The third-order valence-corrected chi connectivity index (χ3v) is 3.28. The van der Waals surface area contributed by atoms with Crippen LogP contribution in [0.25, 0.3) is 32.6 Å². The van der Waals surface area contributed by atoms with Crippen molar-refractivity contribution >= 4 is 32.6 Å². The highest BCUT2D eigenvalue weighted by molar-refractivity contribution is 6.22. The Hall–Kier alpha value is -2.62. The first-order valence-corrected chi connectivity index (χ1v) is 5.76. The lowest BCUT2D eigenvalue weighted by Gasteiger charge is -2.03. The summed E-state index contributed by atoms with van der Waals surface area (Å²) < 4.78 is 0. The Kier molecular flexibility index (Phi) is 1.67. The average Bonchev–Trinajstić information content (AvgIpc) is 2.81. The van der Waals surface area contributed by atoms with Crippen molar-refractivity contribution in [2.24, 2.45) is 0 Å². The molecule has 1 heterocycles. The van der Waals surface area contributed by atoms with Gasteiger partial charge in [0, 0.05) is 10.8 Å². The van der Waals surface area contributed by atoms with Gasteiger partial charge in [0.15, 0.2) is 0 Å². The number of rotatable bonds is 0. The van der Waals surface area contributed by atoms with Crippen LogP contribution in [0.5, 0.6) is 0 Å². The van der Waals surface area contributed by atoms with Crippen molar-refractivity contribution in [1.29, 1.82) is 0 Å². The quantitative estimate of drug-likeness (QED) is 0.375. The molecule has 0 amide bonds.